The van der Waals surface area contributed by atoms with Crippen LogP contribution in [0.3, 0.4) is 0 Å². The maximum absolute atomic E-state index is 13.8. The van der Waals surface area contributed by atoms with Crippen LogP contribution in [0.2, 0.25) is 0 Å². The number of carbonyl (C=O) groups is 1. The van der Waals surface area contributed by atoms with Gasteiger partial charge in [0, 0.05) is 19.7 Å². The molecule has 0 radical (unpaired) electrons. The number of nitrogens with zero attached hydrogens (tertiary/aromatic N) is 1. The van der Waals surface area contributed by atoms with Crippen molar-refractivity contribution in [2.45, 2.75) is 37.7 Å². The summed E-state index contributed by atoms with van der Waals surface area (Å²) in [7, 11) is 0. The Bertz CT molecular complexity index is 865. The monoisotopic (exact) mass is 400 g/mol. The minimum Gasteiger partial charge on any atom is -0.375 e. The maximum atomic E-state index is 13.8. The lowest BCUT2D eigenvalue weighted by molar-refractivity contribution is -0.122. The highest BCUT2D eigenvalue weighted by Crippen LogP contribution is 2.39. The minimum absolute atomic E-state index is 0.196. The Morgan fingerprint density at radius 3 is 2.69 bits per heavy atom. The molecule has 0 bridgehead atoms. The van der Waals surface area contributed by atoms with Gasteiger partial charge in [-0.25, -0.2) is 13.6 Å². The van der Waals surface area contributed by atoms with Gasteiger partial charge in [-0.3, -0.25) is 0 Å². The minimum atomic E-state index is -0.440. The van der Waals surface area contributed by atoms with E-state index in [4.69, 9.17) is 4.74 Å². The highest BCUT2D eigenvalue weighted by Gasteiger charge is 2.41. The number of halogens is 2. The molecule has 1 atom stereocenters. The van der Waals surface area contributed by atoms with Gasteiger partial charge in [-0.05, 0) is 67.9 Å². The topological polar surface area (TPSA) is 41.6 Å². The second kappa shape index (κ2) is 8.49. The summed E-state index contributed by atoms with van der Waals surface area (Å²) in [6, 6.07) is 12.7. The lowest BCUT2D eigenvalue weighted by Gasteiger charge is -2.46. The molecule has 2 aromatic carbocycles. The number of ether oxygens (including phenoxy) is 1. The molecule has 1 unspecified atom stereocenters. The lowest BCUT2D eigenvalue weighted by atomic mass is 9.77. The van der Waals surface area contributed by atoms with E-state index >= 15 is 0 Å². The van der Waals surface area contributed by atoms with Crippen molar-refractivity contribution >= 4 is 11.7 Å². The third-order valence-corrected chi connectivity index (χ3v) is 6.09. The molecule has 1 N–H and O–H groups in total. The molecule has 0 aliphatic carbocycles. The van der Waals surface area contributed by atoms with E-state index in [0.717, 1.165) is 37.7 Å². The third-order valence-electron chi connectivity index (χ3n) is 6.09. The van der Waals surface area contributed by atoms with Gasteiger partial charge in [-0.15, -0.1) is 0 Å². The van der Waals surface area contributed by atoms with Gasteiger partial charge in [0.25, 0.3) is 0 Å². The number of nitrogens with one attached hydrogen (secondary N) is 1. The summed E-state index contributed by atoms with van der Waals surface area (Å²) < 4.78 is 33.4. The van der Waals surface area contributed by atoms with Gasteiger partial charge < -0.3 is 15.0 Å². The van der Waals surface area contributed by atoms with E-state index < -0.39 is 5.82 Å². The van der Waals surface area contributed by atoms with Crippen molar-refractivity contribution in [3.05, 3.63) is 65.7 Å². The van der Waals surface area contributed by atoms with Crippen LogP contribution < -0.4 is 5.32 Å². The van der Waals surface area contributed by atoms with Crippen LogP contribution in [0.25, 0.3) is 0 Å². The normalized spacial score (nSPS) is 21.2. The van der Waals surface area contributed by atoms with Gasteiger partial charge >= 0.3 is 6.03 Å². The molecule has 6 heteroatoms. The number of urea groups is 1. The highest BCUT2D eigenvalue weighted by atomic mass is 19.1. The van der Waals surface area contributed by atoms with Crippen molar-refractivity contribution in [1.29, 1.82) is 0 Å². The molecular weight excluding hydrogens is 374 g/mol. The first-order valence-corrected chi connectivity index (χ1v) is 10.2. The third kappa shape index (κ3) is 4.75. The zero-order valence-electron chi connectivity index (χ0n) is 16.4. The molecule has 2 aliphatic heterocycles. The molecule has 2 fully saturated rings. The van der Waals surface area contributed by atoms with E-state index in [1.54, 1.807) is 35.2 Å². The smallest absolute Gasteiger partial charge is 0.321 e. The zero-order chi connectivity index (χ0) is 20.3. The molecule has 2 heterocycles. The van der Waals surface area contributed by atoms with Crippen LogP contribution in [0.5, 0.6) is 0 Å². The summed E-state index contributed by atoms with van der Waals surface area (Å²) >= 11 is 0. The highest BCUT2D eigenvalue weighted by molar-refractivity contribution is 5.89. The first-order chi connectivity index (χ1) is 14.0. The first-order valence-electron chi connectivity index (χ1n) is 10.2. The fraction of sp³-hybridized carbons (Fsp3) is 0.435. The summed E-state index contributed by atoms with van der Waals surface area (Å²) in [5.41, 5.74) is 1.00. The molecule has 1 spiro atoms. The average Bonchev–Trinajstić information content (AvgIpc) is 2.70. The number of hydrogen-bond acceptors (Lipinski definition) is 2. The molecule has 2 amide bonds. The van der Waals surface area contributed by atoms with Gasteiger partial charge in [-0.1, -0.05) is 24.3 Å². The van der Waals surface area contributed by atoms with Crippen molar-refractivity contribution in [2.75, 3.05) is 25.0 Å². The van der Waals surface area contributed by atoms with E-state index in [9.17, 15) is 13.6 Å². The zero-order valence-corrected chi connectivity index (χ0v) is 16.4. The van der Waals surface area contributed by atoms with Crippen LogP contribution in [0.15, 0.2) is 48.5 Å². The van der Waals surface area contributed by atoms with Crippen LogP contribution in [-0.4, -0.2) is 36.2 Å². The van der Waals surface area contributed by atoms with Gasteiger partial charge in [-0.2, -0.15) is 0 Å². The number of piperidine rings is 1. The second-order valence-electron chi connectivity index (χ2n) is 8.12. The molecule has 2 aliphatic rings. The van der Waals surface area contributed by atoms with Crippen LogP contribution >= 0.6 is 0 Å². The molecular formula is C23H26F2N2O2. The molecule has 4 nitrogen and oxygen atoms in total. The van der Waals surface area contributed by atoms with E-state index in [1.807, 2.05) is 6.07 Å². The SMILES string of the molecule is O=C(Nc1ccccc1F)N1CCC2(CC1)CC(Cc1cccc(F)c1)CCO2. The summed E-state index contributed by atoms with van der Waals surface area (Å²) in [4.78, 5) is 14.2. The fourth-order valence-corrected chi connectivity index (χ4v) is 4.52. The Labute approximate surface area is 169 Å². The Kier molecular flexibility index (Phi) is 5.81. The molecule has 154 valence electrons. The Balaban J connectivity index is 1.33. The molecule has 0 saturated carbocycles. The molecule has 29 heavy (non-hydrogen) atoms. The van der Waals surface area contributed by atoms with Gasteiger partial charge in [0.2, 0.25) is 0 Å². The lowest BCUT2D eigenvalue weighted by Crippen LogP contribution is -2.51. The summed E-state index contributed by atoms with van der Waals surface area (Å²) in [5, 5.41) is 2.65. The Hall–Kier alpha value is -2.47. The first kappa shape index (κ1) is 19.8. The number of hydrogen-bond donors (Lipinski definition) is 1. The standard InChI is InChI=1S/C23H26F2N2O2/c24-19-5-3-4-17(15-19)14-18-8-13-29-23(16-18)9-11-27(12-10-23)22(28)26-21-7-2-1-6-20(21)25/h1-7,15,18H,8-14,16H2,(H,26,28). The summed E-state index contributed by atoms with van der Waals surface area (Å²) in [5.74, 6) is -0.187. The van der Waals surface area contributed by atoms with E-state index in [2.05, 4.69) is 5.32 Å². The number of benzene rings is 2. The van der Waals surface area contributed by atoms with Gasteiger partial charge in [0.15, 0.2) is 0 Å². The maximum Gasteiger partial charge on any atom is 0.321 e. The number of amides is 2. The average molecular weight is 400 g/mol. The predicted octanol–water partition coefficient (Wildman–Crippen LogP) is 5.00. The molecule has 2 aromatic rings. The van der Waals surface area contributed by atoms with Crippen molar-refractivity contribution in [1.82, 2.24) is 4.90 Å². The number of anilines is 1. The predicted molar refractivity (Wildman–Crippen MR) is 108 cm³/mol. The van der Waals surface area contributed by atoms with Gasteiger partial charge in [0.1, 0.15) is 11.6 Å². The van der Waals surface area contributed by atoms with Crippen molar-refractivity contribution < 1.29 is 18.3 Å². The van der Waals surface area contributed by atoms with Crippen molar-refractivity contribution in [2.24, 2.45) is 5.92 Å². The van der Waals surface area contributed by atoms with E-state index in [1.165, 1.54) is 12.1 Å². The number of para-hydroxylation sites is 1. The Morgan fingerprint density at radius 1 is 1.14 bits per heavy atom. The fourth-order valence-electron chi connectivity index (χ4n) is 4.52. The quantitative estimate of drug-likeness (QED) is 0.788. The van der Waals surface area contributed by atoms with Crippen molar-refractivity contribution in [3.63, 3.8) is 0 Å². The largest absolute Gasteiger partial charge is 0.375 e. The van der Waals surface area contributed by atoms with E-state index in [0.29, 0.717) is 25.6 Å². The molecule has 4 rings (SSSR count). The number of likely N-dealkylation sites (tertiary alicyclic amines) is 1. The second-order valence-corrected chi connectivity index (χ2v) is 8.12. The number of carbonyl (C=O) groups excluding carboxylic acids is 1. The summed E-state index contributed by atoms with van der Waals surface area (Å²) in [6.45, 7) is 1.85. The van der Waals surface area contributed by atoms with Crippen LogP contribution in [-0.2, 0) is 11.2 Å². The molecule has 2 saturated heterocycles. The van der Waals surface area contributed by atoms with Crippen LogP contribution in [0.1, 0.15) is 31.2 Å². The Morgan fingerprint density at radius 2 is 1.93 bits per heavy atom. The molecule has 0 aromatic heterocycles. The van der Waals surface area contributed by atoms with E-state index in [-0.39, 0.29) is 23.1 Å². The number of rotatable bonds is 3. The van der Waals surface area contributed by atoms with Crippen LogP contribution in [0.4, 0.5) is 19.3 Å². The summed E-state index contributed by atoms with van der Waals surface area (Å²) in [6.07, 6.45) is 4.26. The van der Waals surface area contributed by atoms with Gasteiger partial charge in [0.05, 0.1) is 11.3 Å². The van der Waals surface area contributed by atoms with Crippen molar-refractivity contribution in [3.8, 4) is 0 Å². The van der Waals surface area contributed by atoms with Crippen LogP contribution in [0, 0.1) is 17.6 Å².